The van der Waals surface area contributed by atoms with Crippen LogP contribution in [0.15, 0.2) is 0 Å². The van der Waals surface area contributed by atoms with E-state index in [0.29, 0.717) is 0 Å². The third-order valence-corrected chi connectivity index (χ3v) is 4.71. The van der Waals surface area contributed by atoms with Crippen molar-refractivity contribution in [2.45, 2.75) is 63.8 Å². The van der Waals surface area contributed by atoms with Crippen LogP contribution >= 0.6 is 0 Å². The second-order valence-electron chi connectivity index (χ2n) is 5.97. The summed E-state index contributed by atoms with van der Waals surface area (Å²) in [6, 6.07) is 0. The predicted octanol–water partition coefficient (Wildman–Crippen LogP) is 3.10. The first kappa shape index (κ1) is 12.4. The first-order chi connectivity index (χ1) is 7.72. The van der Waals surface area contributed by atoms with Crippen LogP contribution in [0.3, 0.4) is 0 Å². The predicted molar refractivity (Wildman–Crippen MR) is 67.3 cm³/mol. The second kappa shape index (κ2) is 5.50. The van der Waals surface area contributed by atoms with Crippen LogP contribution in [-0.4, -0.2) is 18.8 Å². The lowest BCUT2D eigenvalue weighted by atomic mass is 9.71. The van der Waals surface area contributed by atoms with Gasteiger partial charge in [-0.1, -0.05) is 13.3 Å². The van der Waals surface area contributed by atoms with Crippen LogP contribution in [0, 0.1) is 11.8 Å². The summed E-state index contributed by atoms with van der Waals surface area (Å²) in [5.74, 6) is 1.78. The van der Waals surface area contributed by atoms with Crippen molar-refractivity contribution in [1.82, 2.24) is 0 Å². The van der Waals surface area contributed by atoms with Gasteiger partial charge in [-0.25, -0.2) is 0 Å². The molecule has 1 aliphatic carbocycles. The molecule has 0 atom stereocenters. The van der Waals surface area contributed by atoms with Crippen molar-refractivity contribution in [1.29, 1.82) is 0 Å². The van der Waals surface area contributed by atoms with Crippen LogP contribution in [0.25, 0.3) is 0 Å². The zero-order chi connectivity index (χ0) is 11.4. The van der Waals surface area contributed by atoms with Crippen LogP contribution in [0.5, 0.6) is 0 Å². The molecule has 1 heterocycles. The van der Waals surface area contributed by atoms with Gasteiger partial charge < -0.3 is 10.5 Å². The minimum atomic E-state index is 0.160. The summed E-state index contributed by atoms with van der Waals surface area (Å²) < 4.78 is 5.42. The summed E-state index contributed by atoms with van der Waals surface area (Å²) >= 11 is 0. The smallest absolute Gasteiger partial charge is 0.0468 e. The number of ether oxygens (including phenoxy) is 1. The van der Waals surface area contributed by atoms with Gasteiger partial charge in [0.15, 0.2) is 0 Å². The van der Waals surface area contributed by atoms with Gasteiger partial charge in [-0.05, 0) is 56.8 Å². The summed E-state index contributed by atoms with van der Waals surface area (Å²) in [7, 11) is 0. The third-order valence-electron chi connectivity index (χ3n) is 4.71. The maximum Gasteiger partial charge on any atom is 0.0468 e. The van der Waals surface area contributed by atoms with Gasteiger partial charge in [-0.15, -0.1) is 0 Å². The fraction of sp³-hybridized carbons (Fsp3) is 1.00. The first-order valence-corrected chi connectivity index (χ1v) is 7.08. The molecule has 0 unspecified atom stereocenters. The van der Waals surface area contributed by atoms with Gasteiger partial charge in [0.1, 0.15) is 0 Å². The molecule has 2 heteroatoms. The normalized spacial score (nSPS) is 37.5. The van der Waals surface area contributed by atoms with Gasteiger partial charge in [0.05, 0.1) is 0 Å². The molecule has 0 bridgehead atoms. The van der Waals surface area contributed by atoms with E-state index in [9.17, 15) is 0 Å². The number of hydrogen-bond acceptors (Lipinski definition) is 2. The molecule has 0 aromatic carbocycles. The Morgan fingerprint density at radius 1 is 1.06 bits per heavy atom. The Labute approximate surface area is 99.9 Å². The molecular weight excluding hydrogens is 198 g/mol. The van der Waals surface area contributed by atoms with Gasteiger partial charge in [-0.2, -0.15) is 0 Å². The average Bonchev–Trinajstić information content (AvgIpc) is 2.31. The molecule has 16 heavy (non-hydrogen) atoms. The molecular formula is C14H27NO. The second-order valence-corrected chi connectivity index (χ2v) is 5.97. The number of rotatable bonds is 3. The largest absolute Gasteiger partial charge is 0.381 e. The Balaban J connectivity index is 1.79. The lowest BCUT2D eigenvalue weighted by Gasteiger charge is -2.40. The average molecular weight is 225 g/mol. The molecule has 0 amide bonds. The molecule has 0 aromatic heterocycles. The number of nitrogens with two attached hydrogens (primary N) is 1. The highest BCUT2D eigenvalue weighted by atomic mass is 16.5. The summed E-state index contributed by atoms with van der Waals surface area (Å²) in [6.45, 7) is 4.23. The van der Waals surface area contributed by atoms with Crippen molar-refractivity contribution in [2.75, 3.05) is 13.2 Å². The van der Waals surface area contributed by atoms with Crippen molar-refractivity contribution >= 4 is 0 Å². The van der Waals surface area contributed by atoms with E-state index in [2.05, 4.69) is 6.92 Å². The fourth-order valence-electron chi connectivity index (χ4n) is 3.39. The van der Waals surface area contributed by atoms with Gasteiger partial charge in [0.2, 0.25) is 0 Å². The van der Waals surface area contributed by atoms with Crippen LogP contribution in [0.2, 0.25) is 0 Å². The van der Waals surface area contributed by atoms with Crippen molar-refractivity contribution in [2.24, 2.45) is 17.6 Å². The molecule has 1 saturated heterocycles. The molecule has 2 N–H and O–H groups in total. The zero-order valence-electron chi connectivity index (χ0n) is 10.7. The van der Waals surface area contributed by atoms with Crippen LogP contribution in [0.1, 0.15) is 58.3 Å². The highest BCUT2D eigenvalue weighted by Crippen LogP contribution is 2.37. The Morgan fingerprint density at radius 2 is 1.69 bits per heavy atom. The molecule has 0 spiro atoms. The van der Waals surface area contributed by atoms with Gasteiger partial charge in [0.25, 0.3) is 0 Å². The summed E-state index contributed by atoms with van der Waals surface area (Å²) in [5, 5.41) is 0. The highest BCUT2D eigenvalue weighted by Gasteiger charge is 2.33. The lowest BCUT2D eigenvalue weighted by molar-refractivity contribution is 0.0507. The molecule has 2 fully saturated rings. The van der Waals surface area contributed by atoms with Crippen LogP contribution < -0.4 is 5.73 Å². The fourth-order valence-corrected chi connectivity index (χ4v) is 3.39. The SMILES string of the molecule is CCC1CCC(N)(CC2CCOCC2)CC1. The first-order valence-electron chi connectivity index (χ1n) is 7.08. The molecule has 1 saturated carbocycles. The summed E-state index contributed by atoms with van der Waals surface area (Å²) in [5.41, 5.74) is 6.73. The van der Waals surface area contributed by atoms with Gasteiger partial charge in [-0.3, -0.25) is 0 Å². The Bertz CT molecular complexity index is 203. The van der Waals surface area contributed by atoms with Gasteiger partial charge in [0, 0.05) is 18.8 Å². The van der Waals surface area contributed by atoms with E-state index >= 15 is 0 Å². The van der Waals surface area contributed by atoms with Crippen LogP contribution in [0.4, 0.5) is 0 Å². The topological polar surface area (TPSA) is 35.2 Å². The Hall–Kier alpha value is -0.0800. The minimum Gasteiger partial charge on any atom is -0.381 e. The molecule has 2 nitrogen and oxygen atoms in total. The Morgan fingerprint density at radius 3 is 2.25 bits per heavy atom. The standard InChI is InChI=1S/C14H27NO/c1-2-12-3-7-14(15,8-4-12)11-13-5-9-16-10-6-13/h12-13H,2-11,15H2,1H3. The van der Waals surface area contributed by atoms with Gasteiger partial charge >= 0.3 is 0 Å². The van der Waals surface area contributed by atoms with E-state index < -0.39 is 0 Å². The van der Waals surface area contributed by atoms with E-state index in [-0.39, 0.29) is 5.54 Å². The third kappa shape index (κ3) is 3.21. The molecule has 94 valence electrons. The van der Waals surface area contributed by atoms with E-state index in [1.807, 2.05) is 0 Å². The molecule has 2 rings (SSSR count). The van der Waals surface area contributed by atoms with E-state index in [1.165, 1.54) is 51.4 Å². The molecule has 0 aromatic rings. The number of hydrogen-bond donors (Lipinski definition) is 1. The van der Waals surface area contributed by atoms with E-state index in [4.69, 9.17) is 10.5 Å². The maximum absolute atomic E-state index is 6.57. The molecule has 1 aliphatic heterocycles. The zero-order valence-corrected chi connectivity index (χ0v) is 10.7. The Kier molecular flexibility index (Phi) is 4.26. The van der Waals surface area contributed by atoms with Crippen LogP contribution in [-0.2, 0) is 4.74 Å². The quantitative estimate of drug-likeness (QED) is 0.801. The molecule has 2 aliphatic rings. The summed E-state index contributed by atoms with van der Waals surface area (Å²) in [6.07, 6.45) is 10.3. The molecule has 0 radical (unpaired) electrons. The minimum absolute atomic E-state index is 0.160. The van der Waals surface area contributed by atoms with Crippen molar-refractivity contribution in [3.8, 4) is 0 Å². The summed E-state index contributed by atoms with van der Waals surface area (Å²) in [4.78, 5) is 0. The van der Waals surface area contributed by atoms with Crippen molar-refractivity contribution in [3.05, 3.63) is 0 Å². The van der Waals surface area contributed by atoms with E-state index in [1.54, 1.807) is 0 Å². The monoisotopic (exact) mass is 225 g/mol. The van der Waals surface area contributed by atoms with E-state index in [0.717, 1.165) is 25.0 Å². The van der Waals surface area contributed by atoms with Crippen molar-refractivity contribution in [3.63, 3.8) is 0 Å². The van der Waals surface area contributed by atoms with Crippen molar-refractivity contribution < 1.29 is 4.74 Å². The highest BCUT2D eigenvalue weighted by molar-refractivity contribution is 4.91. The lowest BCUT2D eigenvalue weighted by Crippen LogP contribution is -2.45. The maximum atomic E-state index is 6.57.